The number of rotatable bonds is 4. The standard InChI is InChI=1S/C23H29N7O2/c1-15-8-18(5-6-24-15)30-21-11-25-22(9-17(21)10-26-30)28-23(31)27-20-13-29(2)12-19(20)16-4-3-7-32-14-16/h5-6,8-11,16,19-20H,3-4,7,12-14H2,1-2H3,(H2,25,27,28,31)/t16-,19-,20+/m1/s1. The van der Waals surface area contributed by atoms with Gasteiger partial charge in [0.15, 0.2) is 0 Å². The zero-order valence-electron chi connectivity index (χ0n) is 18.5. The first-order valence-corrected chi connectivity index (χ1v) is 11.2. The van der Waals surface area contributed by atoms with Crippen molar-refractivity contribution >= 4 is 22.8 Å². The van der Waals surface area contributed by atoms with Crippen LogP contribution in [-0.4, -0.2) is 70.1 Å². The monoisotopic (exact) mass is 435 g/mol. The molecule has 2 amide bonds. The molecule has 2 fully saturated rings. The lowest BCUT2D eigenvalue weighted by Gasteiger charge is -2.31. The van der Waals surface area contributed by atoms with Gasteiger partial charge in [0.05, 0.1) is 23.6 Å². The van der Waals surface area contributed by atoms with Crippen LogP contribution in [0.4, 0.5) is 10.6 Å². The van der Waals surface area contributed by atoms with Crippen molar-refractivity contribution in [2.24, 2.45) is 11.8 Å². The minimum Gasteiger partial charge on any atom is -0.381 e. The largest absolute Gasteiger partial charge is 0.381 e. The lowest BCUT2D eigenvalue weighted by atomic mass is 9.84. The molecule has 3 aromatic rings. The molecule has 0 saturated carbocycles. The van der Waals surface area contributed by atoms with Gasteiger partial charge in [0.1, 0.15) is 5.82 Å². The van der Waals surface area contributed by atoms with Crippen LogP contribution in [0.5, 0.6) is 0 Å². The highest BCUT2D eigenvalue weighted by atomic mass is 16.5. The van der Waals surface area contributed by atoms with E-state index in [0.29, 0.717) is 17.7 Å². The summed E-state index contributed by atoms with van der Waals surface area (Å²) in [6.07, 6.45) is 7.54. The van der Waals surface area contributed by atoms with Crippen LogP contribution in [0, 0.1) is 18.8 Å². The molecule has 168 valence electrons. The summed E-state index contributed by atoms with van der Waals surface area (Å²) in [4.78, 5) is 23.7. The number of aromatic nitrogens is 4. The first-order valence-electron chi connectivity index (χ1n) is 11.2. The zero-order valence-corrected chi connectivity index (χ0v) is 18.5. The van der Waals surface area contributed by atoms with E-state index in [4.69, 9.17) is 4.74 Å². The van der Waals surface area contributed by atoms with E-state index < -0.39 is 0 Å². The van der Waals surface area contributed by atoms with Crippen LogP contribution in [0.25, 0.3) is 16.6 Å². The predicted molar refractivity (Wildman–Crippen MR) is 122 cm³/mol. The van der Waals surface area contributed by atoms with Crippen LogP contribution >= 0.6 is 0 Å². The van der Waals surface area contributed by atoms with Gasteiger partial charge in [-0.25, -0.2) is 14.5 Å². The third-order valence-electron chi connectivity index (χ3n) is 6.49. The van der Waals surface area contributed by atoms with Crippen molar-refractivity contribution in [1.29, 1.82) is 0 Å². The van der Waals surface area contributed by atoms with Crippen molar-refractivity contribution in [2.45, 2.75) is 25.8 Å². The number of nitrogens with one attached hydrogen (secondary N) is 2. The van der Waals surface area contributed by atoms with Crippen LogP contribution < -0.4 is 10.6 Å². The molecule has 5 rings (SSSR count). The van der Waals surface area contributed by atoms with E-state index >= 15 is 0 Å². The predicted octanol–water partition coefficient (Wildman–Crippen LogP) is 2.60. The van der Waals surface area contributed by atoms with Crippen molar-refractivity contribution in [1.82, 2.24) is 30.0 Å². The number of hydrogen-bond donors (Lipinski definition) is 2. The van der Waals surface area contributed by atoms with Gasteiger partial charge in [0, 0.05) is 49.6 Å². The van der Waals surface area contributed by atoms with Crippen LogP contribution in [-0.2, 0) is 4.74 Å². The zero-order chi connectivity index (χ0) is 22.1. The Morgan fingerprint density at radius 3 is 2.94 bits per heavy atom. The lowest BCUT2D eigenvalue weighted by molar-refractivity contribution is 0.0287. The third kappa shape index (κ3) is 4.31. The molecule has 3 aromatic heterocycles. The molecule has 0 spiro atoms. The summed E-state index contributed by atoms with van der Waals surface area (Å²) in [5.74, 6) is 1.41. The van der Waals surface area contributed by atoms with Gasteiger partial charge in [0.25, 0.3) is 0 Å². The number of pyridine rings is 2. The lowest BCUT2D eigenvalue weighted by Crippen LogP contribution is -2.45. The fourth-order valence-electron chi connectivity index (χ4n) is 4.95. The minimum atomic E-state index is -0.226. The van der Waals surface area contributed by atoms with E-state index in [-0.39, 0.29) is 12.1 Å². The SMILES string of the molecule is Cc1cc(-n2ncc3cc(NC(=O)N[C@H]4CN(C)C[C@@H]4[C@@H]4CCCOC4)ncc32)ccn1. The van der Waals surface area contributed by atoms with Gasteiger partial charge in [0.2, 0.25) is 0 Å². The molecular formula is C23H29N7O2. The van der Waals surface area contributed by atoms with Crippen molar-refractivity contribution in [3.63, 3.8) is 0 Å². The van der Waals surface area contributed by atoms with Gasteiger partial charge >= 0.3 is 6.03 Å². The number of aryl methyl sites for hydroxylation is 1. The number of nitrogens with zero attached hydrogens (tertiary/aromatic N) is 5. The number of hydrogen-bond acceptors (Lipinski definition) is 6. The molecule has 2 aliphatic heterocycles. The second-order valence-corrected chi connectivity index (χ2v) is 8.91. The van der Waals surface area contributed by atoms with E-state index in [1.54, 1.807) is 18.6 Å². The maximum Gasteiger partial charge on any atom is 0.320 e. The molecule has 0 unspecified atom stereocenters. The summed E-state index contributed by atoms with van der Waals surface area (Å²) >= 11 is 0. The number of urea groups is 1. The number of fused-ring (bicyclic) bond motifs is 1. The highest BCUT2D eigenvalue weighted by Crippen LogP contribution is 2.30. The van der Waals surface area contributed by atoms with E-state index in [0.717, 1.165) is 61.4 Å². The first-order chi connectivity index (χ1) is 15.6. The Bertz CT molecular complexity index is 1110. The molecule has 9 heteroatoms. The van der Waals surface area contributed by atoms with Gasteiger partial charge in [-0.05, 0) is 56.8 Å². The van der Waals surface area contributed by atoms with Crippen LogP contribution in [0.2, 0.25) is 0 Å². The number of likely N-dealkylation sites (N-methyl/N-ethyl adjacent to an activating group) is 1. The molecule has 0 bridgehead atoms. The number of amides is 2. The number of likely N-dealkylation sites (tertiary alicyclic amines) is 1. The van der Waals surface area contributed by atoms with Gasteiger partial charge in [-0.15, -0.1) is 0 Å². The number of anilines is 1. The maximum atomic E-state index is 12.8. The van der Waals surface area contributed by atoms with E-state index in [9.17, 15) is 4.79 Å². The topological polar surface area (TPSA) is 97.2 Å². The molecule has 9 nitrogen and oxygen atoms in total. The van der Waals surface area contributed by atoms with Crippen LogP contribution in [0.1, 0.15) is 18.5 Å². The maximum absolute atomic E-state index is 12.8. The fraction of sp³-hybridized carbons (Fsp3) is 0.478. The van der Waals surface area contributed by atoms with Crippen molar-refractivity contribution in [3.05, 3.63) is 42.5 Å². The van der Waals surface area contributed by atoms with Crippen molar-refractivity contribution in [2.75, 3.05) is 38.7 Å². The minimum absolute atomic E-state index is 0.105. The normalized spacial score (nSPS) is 24.0. The van der Waals surface area contributed by atoms with Crippen molar-refractivity contribution < 1.29 is 9.53 Å². The summed E-state index contributed by atoms with van der Waals surface area (Å²) in [6, 6.07) is 5.60. The van der Waals surface area contributed by atoms with Gasteiger partial charge in [-0.3, -0.25) is 10.3 Å². The van der Waals surface area contributed by atoms with E-state index in [2.05, 4.69) is 37.6 Å². The van der Waals surface area contributed by atoms with E-state index in [1.165, 1.54) is 0 Å². The molecule has 0 aromatic carbocycles. The van der Waals surface area contributed by atoms with Crippen LogP contribution in [0.3, 0.4) is 0 Å². The van der Waals surface area contributed by atoms with Gasteiger partial charge in [-0.2, -0.15) is 5.10 Å². The first kappa shape index (κ1) is 20.8. The Kier molecular flexibility index (Phi) is 5.75. The van der Waals surface area contributed by atoms with Crippen LogP contribution in [0.15, 0.2) is 36.8 Å². The highest BCUT2D eigenvalue weighted by Gasteiger charge is 2.38. The summed E-state index contributed by atoms with van der Waals surface area (Å²) in [6.45, 7) is 5.42. The molecular weight excluding hydrogens is 406 g/mol. The second kappa shape index (κ2) is 8.84. The summed E-state index contributed by atoms with van der Waals surface area (Å²) in [5, 5.41) is 11.5. The fourth-order valence-corrected chi connectivity index (χ4v) is 4.95. The van der Waals surface area contributed by atoms with Gasteiger partial charge in [-0.1, -0.05) is 0 Å². The molecule has 0 aliphatic carbocycles. The molecule has 2 aliphatic rings. The average molecular weight is 436 g/mol. The number of carbonyl (C=O) groups excluding carboxylic acids is 1. The molecule has 3 atom stereocenters. The van der Waals surface area contributed by atoms with Gasteiger partial charge < -0.3 is 15.0 Å². The highest BCUT2D eigenvalue weighted by molar-refractivity contribution is 5.91. The molecule has 2 saturated heterocycles. The quantitative estimate of drug-likeness (QED) is 0.654. The summed E-state index contributed by atoms with van der Waals surface area (Å²) in [7, 11) is 2.10. The Balaban J connectivity index is 1.27. The number of ether oxygens (including phenoxy) is 1. The average Bonchev–Trinajstić information content (AvgIpc) is 3.37. The molecule has 2 N–H and O–H groups in total. The third-order valence-corrected chi connectivity index (χ3v) is 6.49. The molecule has 5 heterocycles. The van der Waals surface area contributed by atoms with Crippen molar-refractivity contribution in [3.8, 4) is 5.69 Å². The summed E-state index contributed by atoms with van der Waals surface area (Å²) in [5.41, 5.74) is 2.72. The van der Waals surface area contributed by atoms with E-state index in [1.807, 2.05) is 29.8 Å². The second-order valence-electron chi connectivity index (χ2n) is 8.91. The Morgan fingerprint density at radius 2 is 2.12 bits per heavy atom. The Labute approximate surface area is 187 Å². The smallest absolute Gasteiger partial charge is 0.320 e. The Hall–Kier alpha value is -3.04. The molecule has 0 radical (unpaired) electrons. The summed E-state index contributed by atoms with van der Waals surface area (Å²) < 4.78 is 7.52. The Morgan fingerprint density at radius 1 is 1.22 bits per heavy atom. The number of carbonyl (C=O) groups is 1. The molecule has 32 heavy (non-hydrogen) atoms.